The highest BCUT2D eigenvalue weighted by atomic mass is 35.5. The summed E-state index contributed by atoms with van der Waals surface area (Å²) in [6, 6.07) is 3.69. The molecule has 0 fully saturated rings. The van der Waals surface area contributed by atoms with E-state index in [2.05, 4.69) is 13.0 Å². The Hall–Kier alpha value is -0.580. The average molecular weight is 249 g/mol. The highest BCUT2D eigenvalue weighted by Crippen LogP contribution is 2.16. The van der Waals surface area contributed by atoms with E-state index >= 15 is 0 Å². The van der Waals surface area contributed by atoms with Crippen LogP contribution >= 0.6 is 23.7 Å². The van der Waals surface area contributed by atoms with Crippen molar-refractivity contribution < 1.29 is 4.79 Å². The van der Waals surface area contributed by atoms with Gasteiger partial charge in [-0.1, -0.05) is 0 Å². The van der Waals surface area contributed by atoms with Gasteiger partial charge >= 0.3 is 0 Å². The molecule has 2 N–H and O–H groups in total. The second kappa shape index (κ2) is 6.10. The van der Waals surface area contributed by atoms with Crippen molar-refractivity contribution in [2.45, 2.75) is 26.4 Å². The van der Waals surface area contributed by atoms with E-state index < -0.39 is 6.04 Å². The first-order valence-corrected chi connectivity index (χ1v) is 5.38. The maximum absolute atomic E-state index is 11.5. The Labute approximate surface area is 101 Å². The number of halogens is 1. The molecule has 0 aliphatic heterocycles. The van der Waals surface area contributed by atoms with Gasteiger partial charge in [-0.15, -0.1) is 23.7 Å². The summed E-state index contributed by atoms with van der Waals surface area (Å²) in [6.07, 6.45) is 0. The van der Waals surface area contributed by atoms with Crippen LogP contribution in [0.4, 0.5) is 0 Å². The molecule has 0 saturated carbocycles. The lowest BCUT2D eigenvalue weighted by Gasteiger charge is -2.18. The van der Waals surface area contributed by atoms with Gasteiger partial charge in [-0.3, -0.25) is 4.79 Å². The predicted octanol–water partition coefficient (Wildman–Crippen LogP) is 1.78. The summed E-state index contributed by atoms with van der Waals surface area (Å²) in [5.74, 6) is -0.0175. The van der Waals surface area contributed by atoms with Crippen LogP contribution in [0.15, 0.2) is 12.1 Å². The van der Waals surface area contributed by atoms with Crippen LogP contribution in [0.25, 0.3) is 0 Å². The predicted molar refractivity (Wildman–Crippen MR) is 66.4 cm³/mol. The Balaban J connectivity index is 0.00000196. The van der Waals surface area contributed by atoms with Crippen LogP contribution in [-0.2, 0) is 11.3 Å². The molecule has 1 heterocycles. The van der Waals surface area contributed by atoms with E-state index in [1.807, 2.05) is 6.07 Å². The molecule has 86 valence electrons. The molecule has 1 aromatic heterocycles. The lowest BCUT2D eigenvalue weighted by molar-refractivity contribution is -0.131. The van der Waals surface area contributed by atoms with Crippen molar-refractivity contribution in [3.05, 3.63) is 21.9 Å². The number of carbonyl (C=O) groups excluding carboxylic acids is 1. The van der Waals surface area contributed by atoms with Crippen LogP contribution in [-0.4, -0.2) is 23.9 Å². The first kappa shape index (κ1) is 14.4. The summed E-state index contributed by atoms with van der Waals surface area (Å²) in [4.78, 5) is 15.6. The number of hydrogen-bond donors (Lipinski definition) is 1. The first-order valence-electron chi connectivity index (χ1n) is 4.56. The smallest absolute Gasteiger partial charge is 0.239 e. The van der Waals surface area contributed by atoms with Crippen LogP contribution in [0.2, 0.25) is 0 Å². The number of likely N-dealkylation sites (N-methyl/N-ethyl adjacent to an activating group) is 1. The fourth-order valence-electron chi connectivity index (χ4n) is 1.23. The number of aryl methyl sites for hydroxylation is 1. The zero-order chi connectivity index (χ0) is 10.7. The molecule has 0 spiro atoms. The minimum atomic E-state index is -0.416. The van der Waals surface area contributed by atoms with E-state index in [9.17, 15) is 4.79 Å². The van der Waals surface area contributed by atoms with Crippen LogP contribution in [0.1, 0.15) is 16.7 Å². The molecule has 0 aromatic carbocycles. The fourth-order valence-corrected chi connectivity index (χ4v) is 2.17. The van der Waals surface area contributed by atoms with Gasteiger partial charge < -0.3 is 10.6 Å². The Morgan fingerprint density at radius 3 is 2.60 bits per heavy atom. The number of carbonyl (C=O) groups is 1. The summed E-state index contributed by atoms with van der Waals surface area (Å²) in [5.41, 5.74) is 5.51. The average Bonchev–Trinajstić information content (AvgIpc) is 2.49. The van der Waals surface area contributed by atoms with E-state index in [0.29, 0.717) is 6.54 Å². The molecule has 5 heteroatoms. The number of amides is 1. The number of hydrogen-bond acceptors (Lipinski definition) is 3. The normalized spacial score (nSPS) is 11.7. The second-order valence-electron chi connectivity index (χ2n) is 3.50. The van der Waals surface area contributed by atoms with Gasteiger partial charge in [0.1, 0.15) is 0 Å². The van der Waals surface area contributed by atoms with Crippen LogP contribution in [0.5, 0.6) is 0 Å². The van der Waals surface area contributed by atoms with E-state index in [4.69, 9.17) is 5.73 Å². The van der Waals surface area contributed by atoms with E-state index in [0.717, 1.165) is 0 Å². The molecule has 1 aromatic rings. The molecule has 1 rings (SSSR count). The molecule has 3 nitrogen and oxygen atoms in total. The molecular formula is C10H17ClN2OS. The molecule has 15 heavy (non-hydrogen) atoms. The van der Waals surface area contributed by atoms with Gasteiger partial charge in [0.2, 0.25) is 5.91 Å². The first-order chi connectivity index (χ1) is 6.50. The van der Waals surface area contributed by atoms with E-state index in [1.165, 1.54) is 9.75 Å². The lowest BCUT2D eigenvalue weighted by Crippen LogP contribution is -2.39. The minimum Gasteiger partial charge on any atom is -0.339 e. The molecule has 1 atom stereocenters. The molecule has 0 aliphatic carbocycles. The van der Waals surface area contributed by atoms with Gasteiger partial charge in [-0.05, 0) is 26.0 Å². The van der Waals surface area contributed by atoms with E-state index in [-0.39, 0.29) is 18.3 Å². The Bertz CT molecular complexity index is 325. The largest absolute Gasteiger partial charge is 0.339 e. The maximum atomic E-state index is 11.5. The van der Waals surface area contributed by atoms with E-state index in [1.54, 1.807) is 30.2 Å². The van der Waals surface area contributed by atoms with Crippen LogP contribution in [0.3, 0.4) is 0 Å². The number of rotatable bonds is 3. The van der Waals surface area contributed by atoms with Gasteiger partial charge in [0.05, 0.1) is 12.6 Å². The van der Waals surface area contributed by atoms with Gasteiger partial charge in [-0.2, -0.15) is 0 Å². The number of thiophene rings is 1. The topological polar surface area (TPSA) is 46.3 Å². The maximum Gasteiger partial charge on any atom is 0.239 e. The van der Waals surface area contributed by atoms with Gasteiger partial charge in [0.25, 0.3) is 0 Å². The molecule has 0 bridgehead atoms. The molecule has 0 aliphatic rings. The third kappa shape index (κ3) is 4.20. The van der Waals surface area contributed by atoms with Crippen LogP contribution in [0, 0.1) is 6.92 Å². The molecule has 1 amide bonds. The summed E-state index contributed by atoms with van der Waals surface area (Å²) >= 11 is 1.71. The zero-order valence-electron chi connectivity index (χ0n) is 9.19. The van der Waals surface area contributed by atoms with Crippen molar-refractivity contribution in [1.82, 2.24) is 4.90 Å². The molecule has 0 saturated heterocycles. The third-order valence-electron chi connectivity index (χ3n) is 1.95. The summed E-state index contributed by atoms with van der Waals surface area (Å²) in [6.45, 7) is 4.42. The monoisotopic (exact) mass is 248 g/mol. The highest BCUT2D eigenvalue weighted by molar-refractivity contribution is 7.11. The summed E-state index contributed by atoms with van der Waals surface area (Å²) < 4.78 is 0. The van der Waals surface area contributed by atoms with Crippen molar-refractivity contribution in [3.63, 3.8) is 0 Å². The summed E-state index contributed by atoms with van der Waals surface area (Å²) in [7, 11) is 1.78. The second-order valence-corrected chi connectivity index (χ2v) is 4.87. The van der Waals surface area contributed by atoms with Gasteiger partial charge in [0.15, 0.2) is 0 Å². The van der Waals surface area contributed by atoms with Gasteiger partial charge in [0, 0.05) is 16.8 Å². The Morgan fingerprint density at radius 1 is 1.60 bits per heavy atom. The lowest BCUT2D eigenvalue weighted by atomic mass is 10.3. The van der Waals surface area contributed by atoms with Crippen molar-refractivity contribution in [3.8, 4) is 0 Å². The number of nitrogens with two attached hydrogens (primary N) is 1. The van der Waals surface area contributed by atoms with Crippen molar-refractivity contribution in [2.24, 2.45) is 5.73 Å². The van der Waals surface area contributed by atoms with Crippen LogP contribution < -0.4 is 5.73 Å². The molecule has 0 unspecified atom stereocenters. The SMILES string of the molecule is Cc1ccc(CN(C)C(=O)[C@H](C)N)s1.Cl. The fraction of sp³-hybridized carbons (Fsp3) is 0.500. The standard InChI is InChI=1S/C10H16N2OS.ClH/c1-7-4-5-9(14-7)6-12(3)10(13)8(2)11;/h4-5,8H,6,11H2,1-3H3;1H/t8-;/m0./s1. The van der Waals surface area contributed by atoms with Crippen molar-refractivity contribution >= 4 is 29.7 Å². The minimum absolute atomic E-state index is 0. The quantitative estimate of drug-likeness (QED) is 0.887. The Kier molecular flexibility index (Phi) is 5.87. The number of nitrogens with zero attached hydrogens (tertiary/aromatic N) is 1. The Morgan fingerprint density at radius 2 is 2.20 bits per heavy atom. The van der Waals surface area contributed by atoms with Gasteiger partial charge in [-0.25, -0.2) is 0 Å². The summed E-state index contributed by atoms with van der Waals surface area (Å²) in [5, 5.41) is 0. The third-order valence-corrected chi connectivity index (χ3v) is 2.94. The van der Waals surface area contributed by atoms with Crippen molar-refractivity contribution in [1.29, 1.82) is 0 Å². The van der Waals surface area contributed by atoms with Crippen molar-refractivity contribution in [2.75, 3.05) is 7.05 Å². The molecular weight excluding hydrogens is 232 g/mol. The highest BCUT2D eigenvalue weighted by Gasteiger charge is 2.13. The molecule has 0 radical (unpaired) electrons. The zero-order valence-corrected chi connectivity index (χ0v) is 10.8.